The van der Waals surface area contributed by atoms with Crippen molar-refractivity contribution in [1.82, 2.24) is 0 Å². The molecule has 17 heavy (non-hydrogen) atoms. The van der Waals surface area contributed by atoms with Crippen molar-refractivity contribution in [3.8, 4) is 0 Å². The molecule has 1 N–H and O–H groups in total. The maximum absolute atomic E-state index is 11.1. The number of thiophene rings is 1. The van der Waals surface area contributed by atoms with Crippen molar-refractivity contribution in [1.29, 1.82) is 0 Å². The summed E-state index contributed by atoms with van der Waals surface area (Å²) in [5, 5.41) is 0.275. The number of carbonyl (C=O) groups excluding carboxylic acids is 1. The first-order valence-corrected chi connectivity index (χ1v) is 7.65. The Labute approximate surface area is 107 Å². The molecule has 0 radical (unpaired) electrons. The molecule has 90 valence electrons. The number of sulfonamides is 1. The van der Waals surface area contributed by atoms with Gasteiger partial charge in [-0.15, -0.1) is 11.3 Å². The van der Waals surface area contributed by atoms with Gasteiger partial charge in [0, 0.05) is 10.4 Å². The van der Waals surface area contributed by atoms with Crippen molar-refractivity contribution in [2.45, 2.75) is 0 Å². The smallest absolute Gasteiger partial charge is 0.262 e. The Hall–Kier alpha value is -1.11. The lowest BCUT2D eigenvalue weighted by molar-refractivity contribution is 0.108. The van der Waals surface area contributed by atoms with Gasteiger partial charge in [0.25, 0.3) is 5.24 Å². The van der Waals surface area contributed by atoms with Crippen LogP contribution in [0.2, 0.25) is 0 Å². The fraction of sp³-hybridized carbons (Fsp3) is 0.100. The Bertz CT molecular complexity index is 691. The lowest BCUT2D eigenvalue weighted by Gasteiger charge is -2.02. The molecular formula is C10H8ClNO3S2. The molecule has 2 aromatic rings. The molecule has 1 aromatic carbocycles. The van der Waals surface area contributed by atoms with E-state index in [9.17, 15) is 13.2 Å². The fourth-order valence-electron chi connectivity index (χ4n) is 1.42. The van der Waals surface area contributed by atoms with Crippen molar-refractivity contribution in [2.75, 3.05) is 11.0 Å². The second-order valence-electron chi connectivity index (χ2n) is 3.51. The van der Waals surface area contributed by atoms with Crippen molar-refractivity contribution in [2.24, 2.45) is 0 Å². The monoisotopic (exact) mass is 289 g/mol. The Kier molecular flexibility index (Phi) is 3.11. The van der Waals surface area contributed by atoms with Gasteiger partial charge in [0.05, 0.1) is 11.1 Å². The summed E-state index contributed by atoms with van der Waals surface area (Å²) in [5.41, 5.74) is 0.464. The van der Waals surface area contributed by atoms with Gasteiger partial charge < -0.3 is 0 Å². The third-order valence-electron chi connectivity index (χ3n) is 2.01. The van der Waals surface area contributed by atoms with E-state index in [1.807, 2.05) is 0 Å². The van der Waals surface area contributed by atoms with Crippen LogP contribution < -0.4 is 4.72 Å². The van der Waals surface area contributed by atoms with Crippen LogP contribution in [0, 0.1) is 0 Å². The van der Waals surface area contributed by atoms with Gasteiger partial charge in [-0.05, 0) is 41.3 Å². The van der Waals surface area contributed by atoms with Crippen LogP contribution in [0.25, 0.3) is 10.1 Å². The summed E-state index contributed by atoms with van der Waals surface area (Å²) in [6.07, 6.45) is 1.08. The molecule has 2 rings (SSSR count). The van der Waals surface area contributed by atoms with Crippen LogP contribution in [0.4, 0.5) is 5.69 Å². The van der Waals surface area contributed by atoms with E-state index in [0.29, 0.717) is 10.6 Å². The third kappa shape index (κ3) is 2.96. The number of nitrogens with one attached hydrogen (secondary N) is 1. The largest absolute Gasteiger partial charge is 0.284 e. The molecular weight excluding hydrogens is 282 g/mol. The van der Waals surface area contributed by atoms with Gasteiger partial charge in [-0.1, -0.05) is 0 Å². The summed E-state index contributed by atoms with van der Waals surface area (Å²) in [5.74, 6) is 0. The van der Waals surface area contributed by atoms with Gasteiger partial charge in [0.1, 0.15) is 0 Å². The van der Waals surface area contributed by atoms with Gasteiger partial charge in [0.15, 0.2) is 0 Å². The first kappa shape index (κ1) is 12.3. The molecule has 1 aromatic heterocycles. The standard InChI is InChI=1S/C10H8ClNO3S2/c1-17(14,15)12-7-2-3-8-6(4-7)5-9(16-8)10(11)13/h2-5,12H,1H3. The Morgan fingerprint density at radius 2 is 2.06 bits per heavy atom. The van der Waals surface area contributed by atoms with Crippen molar-refractivity contribution >= 4 is 54.0 Å². The van der Waals surface area contributed by atoms with E-state index >= 15 is 0 Å². The molecule has 0 fully saturated rings. The summed E-state index contributed by atoms with van der Waals surface area (Å²) in [6, 6.07) is 6.69. The maximum Gasteiger partial charge on any atom is 0.262 e. The summed E-state index contributed by atoms with van der Waals surface area (Å²) < 4.78 is 25.4. The molecule has 0 amide bonds. The summed E-state index contributed by atoms with van der Waals surface area (Å²) >= 11 is 6.65. The summed E-state index contributed by atoms with van der Waals surface area (Å²) in [7, 11) is -3.29. The number of rotatable bonds is 3. The molecule has 0 aliphatic heterocycles. The van der Waals surface area contributed by atoms with Crippen LogP contribution in [-0.2, 0) is 10.0 Å². The second-order valence-corrected chi connectivity index (χ2v) is 6.69. The lowest BCUT2D eigenvalue weighted by Crippen LogP contribution is -2.09. The van der Waals surface area contributed by atoms with Crippen molar-refractivity contribution in [3.63, 3.8) is 0 Å². The number of anilines is 1. The summed E-state index contributed by atoms with van der Waals surface area (Å²) in [6.45, 7) is 0. The number of halogens is 1. The van der Waals surface area contributed by atoms with Gasteiger partial charge in [-0.3, -0.25) is 9.52 Å². The molecule has 0 spiro atoms. The zero-order chi connectivity index (χ0) is 12.6. The Balaban J connectivity index is 2.47. The minimum atomic E-state index is -3.29. The van der Waals surface area contributed by atoms with Crippen LogP contribution in [0.1, 0.15) is 9.67 Å². The molecule has 0 saturated heterocycles. The highest BCUT2D eigenvalue weighted by Crippen LogP contribution is 2.29. The van der Waals surface area contributed by atoms with Gasteiger partial charge in [0.2, 0.25) is 10.0 Å². The minimum absolute atomic E-state index is 0.443. The molecule has 4 nitrogen and oxygen atoms in total. The molecule has 0 aliphatic rings. The maximum atomic E-state index is 11.1. The van der Waals surface area contributed by atoms with Crippen LogP contribution in [0.3, 0.4) is 0 Å². The molecule has 1 heterocycles. The predicted molar refractivity (Wildman–Crippen MR) is 70.5 cm³/mol. The highest BCUT2D eigenvalue weighted by molar-refractivity contribution is 7.92. The van der Waals surface area contributed by atoms with Crippen molar-refractivity contribution in [3.05, 3.63) is 29.1 Å². The van der Waals surface area contributed by atoms with Gasteiger partial charge in [-0.25, -0.2) is 8.42 Å². The van der Waals surface area contributed by atoms with Gasteiger partial charge in [-0.2, -0.15) is 0 Å². The molecule has 0 unspecified atom stereocenters. The Morgan fingerprint density at radius 1 is 1.35 bits per heavy atom. The normalized spacial score (nSPS) is 11.6. The number of benzene rings is 1. The van der Waals surface area contributed by atoms with Crippen molar-refractivity contribution < 1.29 is 13.2 Å². The fourth-order valence-corrected chi connectivity index (χ4v) is 3.02. The first-order valence-electron chi connectivity index (χ1n) is 4.56. The van der Waals surface area contributed by atoms with E-state index in [1.165, 1.54) is 11.3 Å². The van der Waals surface area contributed by atoms with E-state index in [2.05, 4.69) is 4.72 Å². The SMILES string of the molecule is CS(=O)(=O)Nc1ccc2sc(C(=O)Cl)cc2c1. The molecule has 0 saturated carbocycles. The topological polar surface area (TPSA) is 63.2 Å². The first-order chi connectivity index (χ1) is 7.85. The van der Waals surface area contributed by atoms with E-state index in [1.54, 1.807) is 24.3 Å². The lowest BCUT2D eigenvalue weighted by atomic mass is 10.2. The quantitative estimate of drug-likeness (QED) is 0.884. The number of hydrogen-bond donors (Lipinski definition) is 1. The third-order valence-corrected chi connectivity index (χ3v) is 4.05. The van der Waals surface area contributed by atoms with Crippen LogP contribution in [0.15, 0.2) is 24.3 Å². The molecule has 0 aliphatic carbocycles. The number of fused-ring (bicyclic) bond motifs is 1. The van der Waals surface area contributed by atoms with Crippen LogP contribution in [0.5, 0.6) is 0 Å². The average Bonchev–Trinajstić information content (AvgIpc) is 2.57. The highest BCUT2D eigenvalue weighted by Gasteiger charge is 2.09. The predicted octanol–water partition coefficient (Wildman–Crippen LogP) is 2.65. The molecule has 0 atom stereocenters. The number of hydrogen-bond acceptors (Lipinski definition) is 4. The zero-order valence-electron chi connectivity index (χ0n) is 8.73. The zero-order valence-corrected chi connectivity index (χ0v) is 11.1. The van der Waals surface area contributed by atoms with E-state index in [0.717, 1.165) is 16.3 Å². The molecule has 0 bridgehead atoms. The highest BCUT2D eigenvalue weighted by atomic mass is 35.5. The van der Waals surface area contributed by atoms with E-state index < -0.39 is 15.3 Å². The van der Waals surface area contributed by atoms with Gasteiger partial charge >= 0.3 is 0 Å². The minimum Gasteiger partial charge on any atom is -0.284 e. The molecule has 7 heteroatoms. The Morgan fingerprint density at radius 3 is 2.65 bits per heavy atom. The number of carbonyl (C=O) groups is 1. The summed E-state index contributed by atoms with van der Waals surface area (Å²) in [4.78, 5) is 11.4. The van der Waals surface area contributed by atoms with Crippen LogP contribution >= 0.6 is 22.9 Å². The van der Waals surface area contributed by atoms with E-state index in [-0.39, 0.29) is 0 Å². The second kappa shape index (κ2) is 4.29. The van der Waals surface area contributed by atoms with E-state index in [4.69, 9.17) is 11.6 Å². The average molecular weight is 290 g/mol. The van der Waals surface area contributed by atoms with Crippen LogP contribution in [-0.4, -0.2) is 19.9 Å².